The van der Waals surface area contributed by atoms with Crippen LogP contribution in [0.4, 0.5) is 5.69 Å². The van der Waals surface area contributed by atoms with Crippen LogP contribution in [0.5, 0.6) is 5.75 Å². The van der Waals surface area contributed by atoms with Crippen molar-refractivity contribution in [2.24, 2.45) is 5.92 Å². The number of nitrogens with zero attached hydrogens (tertiary/aromatic N) is 1. The molecule has 0 spiro atoms. The van der Waals surface area contributed by atoms with Crippen molar-refractivity contribution in [3.63, 3.8) is 0 Å². The molecule has 1 fully saturated rings. The summed E-state index contributed by atoms with van der Waals surface area (Å²) >= 11 is 0. The molecule has 23 heavy (non-hydrogen) atoms. The molecule has 1 amide bonds. The Kier molecular flexibility index (Phi) is 6.38. The number of hydrogen-bond donors (Lipinski definition) is 1. The van der Waals surface area contributed by atoms with Crippen molar-refractivity contribution in [3.05, 3.63) is 34.4 Å². The summed E-state index contributed by atoms with van der Waals surface area (Å²) in [5.41, 5.74) is -0.123. The fourth-order valence-electron chi connectivity index (χ4n) is 3.16. The lowest BCUT2D eigenvalue weighted by Crippen LogP contribution is -2.40. The van der Waals surface area contributed by atoms with Gasteiger partial charge < -0.3 is 10.1 Å². The molecule has 0 heterocycles. The quantitative estimate of drug-likeness (QED) is 0.587. The maximum Gasteiger partial charge on any atom is 0.310 e. The average molecular weight is 320 g/mol. The topological polar surface area (TPSA) is 81.5 Å². The molecular formula is C17H24N2O4. The molecule has 1 aromatic carbocycles. The van der Waals surface area contributed by atoms with E-state index in [1.165, 1.54) is 18.6 Å². The number of nitro benzene ring substituents is 1. The highest BCUT2D eigenvalue weighted by Gasteiger charge is 2.28. The third kappa shape index (κ3) is 4.94. The van der Waals surface area contributed by atoms with Gasteiger partial charge >= 0.3 is 5.69 Å². The fraction of sp³-hybridized carbons (Fsp3) is 0.588. The summed E-state index contributed by atoms with van der Waals surface area (Å²) in [6, 6.07) is 6.30. The average Bonchev–Trinajstić information content (AvgIpc) is 2.98. The van der Waals surface area contributed by atoms with Crippen LogP contribution in [0.15, 0.2) is 24.3 Å². The monoisotopic (exact) mass is 320 g/mol. The number of nitro groups is 1. The predicted molar refractivity (Wildman–Crippen MR) is 87.4 cm³/mol. The van der Waals surface area contributed by atoms with Gasteiger partial charge in [0, 0.05) is 12.1 Å². The van der Waals surface area contributed by atoms with Crippen LogP contribution in [0.2, 0.25) is 0 Å². The van der Waals surface area contributed by atoms with Crippen molar-refractivity contribution < 1.29 is 14.5 Å². The number of para-hydroxylation sites is 2. The number of hydrogen-bond acceptors (Lipinski definition) is 4. The van der Waals surface area contributed by atoms with Gasteiger partial charge in [0.25, 0.3) is 5.91 Å². The second kappa shape index (κ2) is 8.50. The maximum absolute atomic E-state index is 12.1. The summed E-state index contributed by atoms with van der Waals surface area (Å²) in [5, 5.41) is 13.9. The Labute approximate surface area is 136 Å². The van der Waals surface area contributed by atoms with Crippen LogP contribution in [0.1, 0.15) is 45.4 Å². The smallest absolute Gasteiger partial charge is 0.310 e. The molecule has 1 N–H and O–H groups in total. The molecule has 0 radical (unpaired) electrons. The summed E-state index contributed by atoms with van der Waals surface area (Å²) in [4.78, 5) is 22.5. The van der Waals surface area contributed by atoms with E-state index in [2.05, 4.69) is 12.2 Å². The first-order valence-corrected chi connectivity index (χ1v) is 8.27. The lowest BCUT2D eigenvalue weighted by molar-refractivity contribution is -0.385. The summed E-state index contributed by atoms with van der Waals surface area (Å²) in [5.74, 6) is 0.461. The molecule has 0 bridgehead atoms. The van der Waals surface area contributed by atoms with E-state index in [9.17, 15) is 14.9 Å². The van der Waals surface area contributed by atoms with Gasteiger partial charge in [0.2, 0.25) is 0 Å². The summed E-state index contributed by atoms with van der Waals surface area (Å²) in [6.07, 6.45) is 6.81. The Balaban J connectivity index is 1.84. The van der Waals surface area contributed by atoms with Crippen molar-refractivity contribution in [1.82, 2.24) is 5.32 Å². The normalized spacial score (nSPS) is 20.2. The standard InChI is InChI=1S/C17H24N2O4/c1-2-3-7-13-8-6-9-14(13)18-17(20)12-23-16-11-5-4-10-15(16)19(21)22/h4-5,10-11,13-14H,2-3,6-9,12H2,1H3,(H,18,20). The SMILES string of the molecule is CCCCC1CCCC1NC(=O)COc1ccccc1[N+](=O)[O-]. The molecule has 2 unspecified atom stereocenters. The Morgan fingerprint density at radius 3 is 2.91 bits per heavy atom. The van der Waals surface area contributed by atoms with Crippen LogP contribution in [0.3, 0.4) is 0 Å². The molecule has 0 aromatic heterocycles. The molecule has 126 valence electrons. The molecule has 1 aliphatic rings. The van der Waals surface area contributed by atoms with Crippen molar-refractivity contribution in [2.45, 2.75) is 51.5 Å². The van der Waals surface area contributed by atoms with Gasteiger partial charge in [-0.1, -0.05) is 38.3 Å². The van der Waals surface area contributed by atoms with E-state index in [-0.39, 0.29) is 30.0 Å². The van der Waals surface area contributed by atoms with E-state index in [1.54, 1.807) is 12.1 Å². The lowest BCUT2D eigenvalue weighted by Gasteiger charge is -2.20. The zero-order valence-electron chi connectivity index (χ0n) is 13.5. The zero-order chi connectivity index (χ0) is 16.7. The first kappa shape index (κ1) is 17.2. The second-order valence-electron chi connectivity index (χ2n) is 6.02. The molecule has 0 aliphatic heterocycles. The van der Waals surface area contributed by atoms with Crippen LogP contribution in [-0.2, 0) is 4.79 Å². The zero-order valence-corrected chi connectivity index (χ0v) is 13.5. The van der Waals surface area contributed by atoms with Crippen LogP contribution in [0.25, 0.3) is 0 Å². The van der Waals surface area contributed by atoms with Gasteiger partial charge in [-0.15, -0.1) is 0 Å². The van der Waals surface area contributed by atoms with Gasteiger partial charge in [0.1, 0.15) is 0 Å². The van der Waals surface area contributed by atoms with Gasteiger partial charge in [-0.25, -0.2) is 0 Å². The van der Waals surface area contributed by atoms with Gasteiger partial charge in [0.05, 0.1) is 4.92 Å². The predicted octanol–water partition coefficient (Wildman–Crippen LogP) is 3.45. The van der Waals surface area contributed by atoms with E-state index in [0.29, 0.717) is 5.92 Å². The number of carbonyl (C=O) groups excluding carboxylic acids is 1. The lowest BCUT2D eigenvalue weighted by atomic mass is 9.97. The van der Waals surface area contributed by atoms with Gasteiger partial charge in [-0.2, -0.15) is 0 Å². The fourth-order valence-corrected chi connectivity index (χ4v) is 3.16. The third-order valence-corrected chi connectivity index (χ3v) is 4.35. The minimum Gasteiger partial charge on any atom is -0.477 e. The first-order chi connectivity index (χ1) is 11.1. The van der Waals surface area contributed by atoms with Crippen LogP contribution < -0.4 is 10.1 Å². The van der Waals surface area contributed by atoms with Gasteiger partial charge in [0.15, 0.2) is 12.4 Å². The van der Waals surface area contributed by atoms with Gasteiger partial charge in [-0.05, 0) is 31.2 Å². The van der Waals surface area contributed by atoms with E-state index < -0.39 is 4.92 Å². The van der Waals surface area contributed by atoms with E-state index >= 15 is 0 Å². The van der Waals surface area contributed by atoms with Crippen LogP contribution >= 0.6 is 0 Å². The molecule has 6 nitrogen and oxygen atoms in total. The maximum atomic E-state index is 12.1. The third-order valence-electron chi connectivity index (χ3n) is 4.35. The molecule has 6 heteroatoms. The van der Waals surface area contributed by atoms with Crippen molar-refractivity contribution >= 4 is 11.6 Å². The highest BCUT2D eigenvalue weighted by molar-refractivity contribution is 5.78. The summed E-state index contributed by atoms with van der Waals surface area (Å²) in [7, 11) is 0. The molecule has 1 saturated carbocycles. The molecule has 2 atom stereocenters. The number of rotatable bonds is 8. The second-order valence-corrected chi connectivity index (χ2v) is 6.02. The Morgan fingerprint density at radius 1 is 1.39 bits per heavy atom. The van der Waals surface area contributed by atoms with E-state index in [0.717, 1.165) is 32.1 Å². The molecule has 0 saturated heterocycles. The number of nitrogens with one attached hydrogen (secondary N) is 1. The highest BCUT2D eigenvalue weighted by Crippen LogP contribution is 2.30. The Morgan fingerprint density at radius 2 is 2.17 bits per heavy atom. The van der Waals surface area contributed by atoms with Crippen molar-refractivity contribution in [3.8, 4) is 5.75 Å². The largest absolute Gasteiger partial charge is 0.477 e. The van der Waals surface area contributed by atoms with Crippen LogP contribution in [0, 0.1) is 16.0 Å². The van der Waals surface area contributed by atoms with Crippen molar-refractivity contribution in [2.75, 3.05) is 6.61 Å². The highest BCUT2D eigenvalue weighted by atomic mass is 16.6. The van der Waals surface area contributed by atoms with E-state index in [4.69, 9.17) is 4.74 Å². The summed E-state index contributed by atoms with van der Waals surface area (Å²) < 4.78 is 5.33. The molecule has 2 rings (SSSR count). The number of ether oxygens (including phenoxy) is 1. The van der Waals surface area contributed by atoms with Crippen molar-refractivity contribution in [1.29, 1.82) is 0 Å². The van der Waals surface area contributed by atoms with Gasteiger partial charge in [-0.3, -0.25) is 14.9 Å². The minimum atomic E-state index is -0.509. The molecular weight excluding hydrogens is 296 g/mol. The first-order valence-electron chi connectivity index (χ1n) is 8.27. The number of unbranched alkanes of at least 4 members (excludes halogenated alkanes) is 1. The number of carbonyl (C=O) groups is 1. The Bertz CT molecular complexity index is 547. The molecule has 1 aromatic rings. The number of amides is 1. The number of benzene rings is 1. The Hall–Kier alpha value is -2.11. The minimum absolute atomic E-state index is 0.123. The summed E-state index contributed by atoms with van der Waals surface area (Å²) in [6.45, 7) is 1.98. The van der Waals surface area contributed by atoms with E-state index in [1.807, 2.05) is 0 Å². The van der Waals surface area contributed by atoms with Crippen LogP contribution in [-0.4, -0.2) is 23.5 Å². The molecule has 1 aliphatic carbocycles.